The molecule has 19 heavy (non-hydrogen) atoms. The minimum absolute atomic E-state index is 0.531. The standard InChI is InChI=1S/C16H29N3/c1-5-11-18-16(6-2)14(4)19(7-3)13-15-10-8-9-12-17-15/h8-10,12,14,16,18H,5-7,11,13H2,1-4H3. The van der Waals surface area contributed by atoms with Crippen molar-refractivity contribution in [1.29, 1.82) is 0 Å². The summed E-state index contributed by atoms with van der Waals surface area (Å²) in [4.78, 5) is 6.93. The smallest absolute Gasteiger partial charge is 0.0544 e. The highest BCUT2D eigenvalue weighted by Crippen LogP contribution is 2.11. The summed E-state index contributed by atoms with van der Waals surface area (Å²) in [6, 6.07) is 7.23. The molecule has 0 aliphatic rings. The summed E-state index contributed by atoms with van der Waals surface area (Å²) in [5.74, 6) is 0. The number of hydrogen-bond acceptors (Lipinski definition) is 3. The van der Waals surface area contributed by atoms with Crippen LogP contribution in [0.15, 0.2) is 24.4 Å². The topological polar surface area (TPSA) is 28.2 Å². The van der Waals surface area contributed by atoms with Crippen LogP contribution in [0.5, 0.6) is 0 Å². The van der Waals surface area contributed by atoms with Crippen LogP contribution in [0.1, 0.15) is 46.2 Å². The van der Waals surface area contributed by atoms with Crippen LogP contribution in [0.3, 0.4) is 0 Å². The fourth-order valence-corrected chi connectivity index (χ4v) is 2.48. The van der Waals surface area contributed by atoms with Crippen molar-refractivity contribution in [3.63, 3.8) is 0 Å². The number of likely N-dealkylation sites (N-methyl/N-ethyl adjacent to an activating group) is 1. The Kier molecular flexibility index (Phi) is 7.68. The Morgan fingerprint density at radius 2 is 2.05 bits per heavy atom. The van der Waals surface area contributed by atoms with E-state index < -0.39 is 0 Å². The molecule has 1 aromatic heterocycles. The first-order valence-electron chi connectivity index (χ1n) is 7.60. The zero-order chi connectivity index (χ0) is 14.1. The molecular weight excluding hydrogens is 234 g/mol. The maximum absolute atomic E-state index is 4.43. The van der Waals surface area contributed by atoms with Crippen LogP contribution in [0, 0.1) is 0 Å². The fraction of sp³-hybridized carbons (Fsp3) is 0.688. The molecule has 3 heteroatoms. The lowest BCUT2D eigenvalue weighted by atomic mass is 10.0. The highest BCUT2D eigenvalue weighted by Gasteiger charge is 2.20. The first-order valence-corrected chi connectivity index (χ1v) is 7.60. The van der Waals surface area contributed by atoms with Gasteiger partial charge in [-0.25, -0.2) is 0 Å². The SMILES string of the molecule is CCCNC(CC)C(C)N(CC)Cc1ccccn1. The third-order valence-electron chi connectivity index (χ3n) is 3.75. The van der Waals surface area contributed by atoms with Gasteiger partial charge in [0.1, 0.15) is 0 Å². The van der Waals surface area contributed by atoms with Crippen molar-refractivity contribution in [2.24, 2.45) is 0 Å². The number of rotatable bonds is 9. The van der Waals surface area contributed by atoms with Gasteiger partial charge in [0, 0.05) is 24.8 Å². The van der Waals surface area contributed by atoms with E-state index in [2.05, 4.69) is 55.0 Å². The van der Waals surface area contributed by atoms with E-state index in [0.29, 0.717) is 12.1 Å². The number of nitrogens with one attached hydrogen (secondary N) is 1. The molecular formula is C16H29N3. The summed E-state index contributed by atoms with van der Waals surface area (Å²) in [5.41, 5.74) is 1.15. The van der Waals surface area contributed by atoms with E-state index in [1.807, 2.05) is 12.3 Å². The number of aromatic nitrogens is 1. The van der Waals surface area contributed by atoms with Gasteiger partial charge < -0.3 is 5.32 Å². The molecule has 0 aliphatic heterocycles. The normalized spacial score (nSPS) is 14.6. The van der Waals surface area contributed by atoms with Gasteiger partial charge in [0.05, 0.1) is 5.69 Å². The summed E-state index contributed by atoms with van der Waals surface area (Å²) >= 11 is 0. The third kappa shape index (κ3) is 5.29. The minimum Gasteiger partial charge on any atom is -0.312 e. The van der Waals surface area contributed by atoms with Gasteiger partial charge in [0.25, 0.3) is 0 Å². The average molecular weight is 263 g/mol. The predicted octanol–water partition coefficient (Wildman–Crippen LogP) is 3.07. The first kappa shape index (κ1) is 16.1. The van der Waals surface area contributed by atoms with Gasteiger partial charge in [-0.3, -0.25) is 9.88 Å². The molecule has 0 fully saturated rings. The Morgan fingerprint density at radius 1 is 1.26 bits per heavy atom. The number of hydrogen-bond donors (Lipinski definition) is 1. The van der Waals surface area contributed by atoms with Gasteiger partial charge in [-0.1, -0.05) is 26.8 Å². The summed E-state index contributed by atoms with van der Waals surface area (Å²) in [7, 11) is 0. The van der Waals surface area contributed by atoms with Gasteiger partial charge in [-0.15, -0.1) is 0 Å². The summed E-state index contributed by atoms with van der Waals surface area (Å²) < 4.78 is 0. The molecule has 108 valence electrons. The highest BCUT2D eigenvalue weighted by atomic mass is 15.2. The molecule has 1 aromatic rings. The lowest BCUT2D eigenvalue weighted by Crippen LogP contribution is -2.48. The largest absolute Gasteiger partial charge is 0.312 e. The molecule has 0 bridgehead atoms. The Balaban J connectivity index is 2.61. The van der Waals surface area contributed by atoms with E-state index in [4.69, 9.17) is 0 Å². The Labute approximate surface area is 118 Å². The first-order chi connectivity index (χ1) is 9.22. The summed E-state index contributed by atoms with van der Waals surface area (Å²) in [6.45, 7) is 12.1. The van der Waals surface area contributed by atoms with Crippen LogP contribution in [0.25, 0.3) is 0 Å². The monoisotopic (exact) mass is 263 g/mol. The molecule has 0 aliphatic carbocycles. The van der Waals surface area contributed by atoms with Gasteiger partial charge in [-0.2, -0.15) is 0 Å². The van der Waals surface area contributed by atoms with Crippen LogP contribution in [-0.2, 0) is 6.54 Å². The molecule has 0 saturated heterocycles. The van der Waals surface area contributed by atoms with E-state index in [1.165, 1.54) is 12.8 Å². The van der Waals surface area contributed by atoms with Crippen molar-refractivity contribution in [1.82, 2.24) is 15.2 Å². The van der Waals surface area contributed by atoms with E-state index in [-0.39, 0.29) is 0 Å². The molecule has 0 spiro atoms. The fourth-order valence-electron chi connectivity index (χ4n) is 2.48. The predicted molar refractivity (Wildman–Crippen MR) is 82.2 cm³/mol. The Morgan fingerprint density at radius 3 is 2.58 bits per heavy atom. The third-order valence-corrected chi connectivity index (χ3v) is 3.75. The van der Waals surface area contributed by atoms with E-state index in [0.717, 1.165) is 25.3 Å². The molecule has 1 rings (SSSR count). The van der Waals surface area contributed by atoms with Crippen LogP contribution in [0.4, 0.5) is 0 Å². The van der Waals surface area contributed by atoms with Gasteiger partial charge in [0.15, 0.2) is 0 Å². The van der Waals surface area contributed by atoms with E-state index >= 15 is 0 Å². The second-order valence-corrected chi connectivity index (χ2v) is 5.09. The molecule has 0 aromatic carbocycles. The van der Waals surface area contributed by atoms with Crippen molar-refractivity contribution in [2.75, 3.05) is 13.1 Å². The second-order valence-electron chi connectivity index (χ2n) is 5.09. The van der Waals surface area contributed by atoms with Gasteiger partial charge in [-0.05, 0) is 45.0 Å². The lowest BCUT2D eigenvalue weighted by molar-refractivity contribution is 0.164. The zero-order valence-electron chi connectivity index (χ0n) is 12.9. The van der Waals surface area contributed by atoms with Crippen LogP contribution >= 0.6 is 0 Å². The summed E-state index contributed by atoms with van der Waals surface area (Å²) in [6.07, 6.45) is 4.23. The molecule has 0 radical (unpaired) electrons. The zero-order valence-corrected chi connectivity index (χ0v) is 12.9. The maximum Gasteiger partial charge on any atom is 0.0544 e. The van der Waals surface area contributed by atoms with Crippen molar-refractivity contribution in [3.05, 3.63) is 30.1 Å². The molecule has 2 unspecified atom stereocenters. The molecule has 2 atom stereocenters. The van der Waals surface area contributed by atoms with Crippen LogP contribution < -0.4 is 5.32 Å². The Bertz CT molecular complexity index is 326. The van der Waals surface area contributed by atoms with Crippen LogP contribution in [-0.4, -0.2) is 35.1 Å². The summed E-state index contributed by atoms with van der Waals surface area (Å²) in [5, 5.41) is 3.66. The molecule has 0 saturated carbocycles. The maximum atomic E-state index is 4.43. The molecule has 3 nitrogen and oxygen atoms in total. The highest BCUT2D eigenvalue weighted by molar-refractivity contribution is 5.03. The quantitative estimate of drug-likeness (QED) is 0.742. The Hall–Kier alpha value is -0.930. The van der Waals surface area contributed by atoms with Crippen molar-refractivity contribution in [3.8, 4) is 0 Å². The number of pyridine rings is 1. The molecule has 1 N–H and O–H groups in total. The van der Waals surface area contributed by atoms with Gasteiger partial charge >= 0.3 is 0 Å². The lowest BCUT2D eigenvalue weighted by Gasteiger charge is -2.34. The van der Waals surface area contributed by atoms with Crippen molar-refractivity contribution < 1.29 is 0 Å². The van der Waals surface area contributed by atoms with Crippen LogP contribution in [0.2, 0.25) is 0 Å². The van der Waals surface area contributed by atoms with E-state index in [1.54, 1.807) is 0 Å². The van der Waals surface area contributed by atoms with E-state index in [9.17, 15) is 0 Å². The second kappa shape index (κ2) is 9.05. The molecule has 0 amide bonds. The minimum atomic E-state index is 0.531. The van der Waals surface area contributed by atoms with Crippen molar-refractivity contribution in [2.45, 2.75) is 59.2 Å². The van der Waals surface area contributed by atoms with Crippen molar-refractivity contribution >= 4 is 0 Å². The molecule has 1 heterocycles. The number of nitrogens with zero attached hydrogens (tertiary/aromatic N) is 2. The average Bonchev–Trinajstić information content (AvgIpc) is 2.46. The van der Waals surface area contributed by atoms with Gasteiger partial charge in [0.2, 0.25) is 0 Å².